The van der Waals surface area contributed by atoms with Crippen LogP contribution in [0.15, 0.2) is 52.0 Å². The number of rotatable bonds is 5. The van der Waals surface area contributed by atoms with Crippen molar-refractivity contribution in [3.63, 3.8) is 0 Å². The Morgan fingerprint density at radius 2 is 1.95 bits per heavy atom. The van der Waals surface area contributed by atoms with Gasteiger partial charge in [-0.1, -0.05) is 0 Å². The number of piperidine rings is 1. The number of furan rings is 1. The van der Waals surface area contributed by atoms with E-state index in [4.69, 9.17) is 19.1 Å². The van der Waals surface area contributed by atoms with Gasteiger partial charge in [0.1, 0.15) is 11.9 Å². The summed E-state index contributed by atoms with van der Waals surface area (Å²) in [7, 11) is 2.02. The second-order valence-corrected chi connectivity index (χ2v) is 8.40. The molecule has 0 aliphatic carbocycles. The van der Waals surface area contributed by atoms with Crippen LogP contribution in [0.3, 0.4) is 0 Å². The quantitative estimate of drug-likeness (QED) is 0.337. The highest BCUT2D eigenvalue weighted by Gasteiger charge is 2.30. The Hall–Kier alpha value is -4.51. The van der Waals surface area contributed by atoms with Crippen molar-refractivity contribution in [3.8, 4) is 5.75 Å². The van der Waals surface area contributed by atoms with E-state index >= 15 is 0 Å². The summed E-state index contributed by atoms with van der Waals surface area (Å²) in [6.07, 6.45) is 6.01. The first-order valence-corrected chi connectivity index (χ1v) is 11.5. The standard InChI is InChI=1S/C25H23FN4O4.CH2O2/c1-30-11-8-18(9-12-30)33-25(32)21-22(31)20(13-15-14-28-23-19(15)3-2-10-27-23)34-24(21)29-17-6-4-16(26)5-7-17;2-1-3/h2-7,10,13-14,18,29,31H,8-9,11-12H2,1H3;1H,(H,2,3). The van der Waals surface area contributed by atoms with E-state index in [1.807, 2.05) is 13.1 Å². The number of hydrogen-bond donors (Lipinski definition) is 3. The number of aromatic hydroxyl groups is 1. The molecule has 2 aliphatic heterocycles. The van der Waals surface area contributed by atoms with Crippen molar-refractivity contribution >= 4 is 47.7 Å². The lowest BCUT2D eigenvalue weighted by molar-refractivity contribution is -0.122. The number of carbonyl (C=O) groups excluding carboxylic acids is 1. The van der Waals surface area contributed by atoms with E-state index < -0.39 is 11.8 Å². The van der Waals surface area contributed by atoms with Gasteiger partial charge in [-0.2, -0.15) is 0 Å². The van der Waals surface area contributed by atoms with Gasteiger partial charge >= 0.3 is 5.97 Å². The number of carboxylic acid groups (broad SMARTS) is 1. The first-order valence-electron chi connectivity index (χ1n) is 11.5. The van der Waals surface area contributed by atoms with Crippen molar-refractivity contribution in [2.24, 2.45) is 4.99 Å². The summed E-state index contributed by atoms with van der Waals surface area (Å²) >= 11 is 0. The van der Waals surface area contributed by atoms with Crippen LogP contribution >= 0.6 is 0 Å². The minimum Gasteiger partial charge on any atom is -0.504 e. The fourth-order valence-corrected chi connectivity index (χ4v) is 3.97. The van der Waals surface area contributed by atoms with Gasteiger partial charge in [-0.3, -0.25) is 4.79 Å². The molecule has 4 heterocycles. The van der Waals surface area contributed by atoms with Crippen molar-refractivity contribution < 1.29 is 33.3 Å². The van der Waals surface area contributed by atoms with Crippen molar-refractivity contribution in [3.05, 3.63) is 65.3 Å². The fraction of sp³-hybridized carbons (Fsp3) is 0.231. The molecule has 1 aromatic carbocycles. The van der Waals surface area contributed by atoms with Crippen LogP contribution in [0.4, 0.5) is 21.8 Å². The number of nitrogens with one attached hydrogen (secondary N) is 1. The van der Waals surface area contributed by atoms with Crippen molar-refractivity contribution in [1.82, 2.24) is 9.88 Å². The molecule has 192 valence electrons. The summed E-state index contributed by atoms with van der Waals surface area (Å²) in [6.45, 7) is 1.39. The first kappa shape index (κ1) is 25.6. The zero-order chi connectivity index (χ0) is 26.4. The lowest BCUT2D eigenvalue weighted by Crippen LogP contribution is -2.35. The normalized spacial score (nSPS) is 16.1. The number of likely N-dealkylation sites (tertiary alicyclic amines) is 1. The van der Waals surface area contributed by atoms with Gasteiger partial charge in [-0.25, -0.2) is 19.2 Å². The van der Waals surface area contributed by atoms with Crippen LogP contribution in [0, 0.1) is 5.82 Å². The topological polar surface area (TPSA) is 137 Å². The summed E-state index contributed by atoms with van der Waals surface area (Å²) in [5.41, 5.74) is 1.83. The van der Waals surface area contributed by atoms with Crippen LogP contribution in [0.5, 0.6) is 5.75 Å². The van der Waals surface area contributed by atoms with Gasteiger partial charge in [0.2, 0.25) is 5.88 Å². The first-order chi connectivity index (χ1) is 17.9. The van der Waals surface area contributed by atoms with E-state index in [1.165, 1.54) is 24.3 Å². The number of aliphatic imine (C=N–C) groups is 1. The molecule has 0 spiro atoms. The third-order valence-electron chi connectivity index (χ3n) is 5.86. The number of allylic oxidation sites excluding steroid dienone is 1. The summed E-state index contributed by atoms with van der Waals surface area (Å²) in [6, 6.07) is 9.21. The monoisotopic (exact) mass is 508 g/mol. The van der Waals surface area contributed by atoms with E-state index in [-0.39, 0.29) is 35.5 Å². The number of benzene rings is 1. The molecule has 2 aromatic heterocycles. The Morgan fingerprint density at radius 3 is 2.65 bits per heavy atom. The van der Waals surface area contributed by atoms with E-state index in [1.54, 1.807) is 24.6 Å². The predicted molar refractivity (Wildman–Crippen MR) is 135 cm³/mol. The Kier molecular flexibility index (Phi) is 7.94. The summed E-state index contributed by atoms with van der Waals surface area (Å²) < 4.78 is 24.9. The van der Waals surface area contributed by atoms with Crippen LogP contribution < -0.4 is 5.32 Å². The van der Waals surface area contributed by atoms with Gasteiger partial charge in [-0.15, -0.1) is 0 Å². The lowest BCUT2D eigenvalue weighted by Gasteiger charge is -2.28. The Labute approximate surface area is 211 Å². The number of hydrogen-bond acceptors (Lipinski definition) is 9. The van der Waals surface area contributed by atoms with Gasteiger partial charge in [-0.05, 0) is 62.4 Å². The van der Waals surface area contributed by atoms with Crippen molar-refractivity contribution in [1.29, 1.82) is 0 Å². The maximum Gasteiger partial charge on any atom is 0.347 e. The lowest BCUT2D eigenvalue weighted by atomic mass is 10.1. The van der Waals surface area contributed by atoms with Gasteiger partial charge in [0, 0.05) is 42.3 Å². The summed E-state index contributed by atoms with van der Waals surface area (Å²) in [5.74, 6) is -0.791. The number of nitrogens with zero attached hydrogens (tertiary/aromatic N) is 3. The highest BCUT2D eigenvalue weighted by atomic mass is 19.1. The molecule has 2 aliphatic rings. The number of carbonyl (C=O) groups is 2. The molecule has 0 radical (unpaired) electrons. The van der Waals surface area contributed by atoms with Gasteiger partial charge in [0.05, 0.1) is 0 Å². The maximum absolute atomic E-state index is 13.3. The molecule has 0 amide bonds. The third-order valence-corrected chi connectivity index (χ3v) is 5.86. The molecule has 0 atom stereocenters. The molecule has 0 unspecified atom stereocenters. The number of ether oxygens (including phenoxy) is 1. The smallest absolute Gasteiger partial charge is 0.347 e. The molecule has 3 N–H and O–H groups in total. The average molecular weight is 509 g/mol. The number of halogens is 1. The van der Waals surface area contributed by atoms with E-state index in [0.717, 1.165) is 18.7 Å². The zero-order valence-electron chi connectivity index (χ0n) is 19.9. The second-order valence-electron chi connectivity index (χ2n) is 8.40. The van der Waals surface area contributed by atoms with E-state index in [9.17, 15) is 14.3 Å². The average Bonchev–Trinajstić information content (AvgIpc) is 3.43. The third kappa shape index (κ3) is 6.01. The maximum atomic E-state index is 13.3. The van der Waals surface area contributed by atoms with Gasteiger partial charge in [0.25, 0.3) is 6.47 Å². The van der Waals surface area contributed by atoms with Gasteiger partial charge in [0.15, 0.2) is 22.9 Å². The van der Waals surface area contributed by atoms with Crippen LogP contribution in [-0.4, -0.2) is 65.0 Å². The molecule has 1 saturated heterocycles. The fourth-order valence-electron chi connectivity index (χ4n) is 3.97. The largest absolute Gasteiger partial charge is 0.504 e. The van der Waals surface area contributed by atoms with Crippen LogP contribution in [0.25, 0.3) is 11.6 Å². The Bertz CT molecular complexity index is 1330. The zero-order valence-corrected chi connectivity index (χ0v) is 19.9. The number of anilines is 2. The minimum absolute atomic E-state index is 0.00947. The van der Waals surface area contributed by atoms with E-state index in [0.29, 0.717) is 29.9 Å². The number of aromatic nitrogens is 1. The van der Waals surface area contributed by atoms with Gasteiger partial charge < -0.3 is 29.6 Å². The SMILES string of the molecule is CN1CCC(OC(=O)c2c(Nc3ccc(F)cc3)oc(C=C3C=Nc4ncccc43)c2O)CC1.O=CO. The summed E-state index contributed by atoms with van der Waals surface area (Å²) in [4.78, 5) is 32.1. The van der Waals surface area contributed by atoms with Crippen LogP contribution in [-0.2, 0) is 9.53 Å². The highest BCUT2D eigenvalue weighted by molar-refractivity contribution is 6.21. The highest BCUT2D eigenvalue weighted by Crippen LogP contribution is 2.39. The molecule has 0 saturated carbocycles. The summed E-state index contributed by atoms with van der Waals surface area (Å²) in [5, 5.41) is 20.8. The number of pyridine rings is 1. The molecule has 37 heavy (non-hydrogen) atoms. The molecule has 11 heteroatoms. The predicted octanol–water partition coefficient (Wildman–Crippen LogP) is 4.47. The molecule has 5 rings (SSSR count). The molecule has 1 fully saturated rings. The molecule has 0 bridgehead atoms. The van der Waals surface area contributed by atoms with Crippen molar-refractivity contribution in [2.45, 2.75) is 18.9 Å². The molecule has 3 aromatic rings. The number of esters is 1. The Morgan fingerprint density at radius 1 is 1.24 bits per heavy atom. The molecular weight excluding hydrogens is 483 g/mol. The minimum atomic E-state index is -0.688. The van der Waals surface area contributed by atoms with Crippen molar-refractivity contribution in [2.75, 3.05) is 25.5 Å². The molecule has 10 nitrogen and oxygen atoms in total. The van der Waals surface area contributed by atoms with Crippen LogP contribution in [0.2, 0.25) is 0 Å². The number of fused-ring (bicyclic) bond motifs is 1. The second kappa shape index (κ2) is 11.5. The van der Waals surface area contributed by atoms with Crippen LogP contribution in [0.1, 0.15) is 34.5 Å². The van der Waals surface area contributed by atoms with E-state index in [2.05, 4.69) is 20.2 Å². The Balaban J connectivity index is 0.00000102. The molecular formula is C26H25FN4O6.